The molecule has 3 aromatic carbocycles. The van der Waals surface area contributed by atoms with Gasteiger partial charge in [0.2, 0.25) is 5.69 Å². The molecule has 1 unspecified atom stereocenters. The van der Waals surface area contributed by atoms with Crippen LogP contribution in [0.25, 0.3) is 10.8 Å². The first-order valence-electron chi connectivity index (χ1n) is 8.38. The number of nitrogens with one attached hydrogen (secondary N) is 1. The van der Waals surface area contributed by atoms with Gasteiger partial charge in [-0.15, -0.1) is 0 Å². The lowest BCUT2D eigenvalue weighted by atomic mass is 9.86. The van der Waals surface area contributed by atoms with Gasteiger partial charge in [-0.1, -0.05) is 78.9 Å². The smallest absolute Gasteiger partial charge is 0.202 e. The topological polar surface area (TPSA) is 31.2 Å². The minimum Gasteiger partial charge on any atom is -1.00 e. The van der Waals surface area contributed by atoms with Crippen molar-refractivity contribution >= 4 is 16.6 Å². The molecule has 0 saturated heterocycles. The molecule has 128 valence electrons. The molecular weight excluding hydrogens is 386 g/mol. The third-order valence-corrected chi connectivity index (χ3v) is 4.49. The molecule has 0 spiro atoms. The predicted molar refractivity (Wildman–Crippen MR) is 99.6 cm³/mol. The van der Waals surface area contributed by atoms with Gasteiger partial charge in [0.15, 0.2) is 12.0 Å². The summed E-state index contributed by atoms with van der Waals surface area (Å²) in [7, 11) is 0. The van der Waals surface area contributed by atoms with E-state index in [1.807, 2.05) is 85.1 Å². The van der Waals surface area contributed by atoms with Crippen molar-refractivity contribution in [3.8, 4) is 0 Å². The van der Waals surface area contributed by atoms with E-state index in [2.05, 4.69) is 17.1 Å². The molecule has 0 aliphatic rings. The van der Waals surface area contributed by atoms with Gasteiger partial charge in [-0.3, -0.25) is 4.79 Å². The second-order valence-corrected chi connectivity index (χ2v) is 6.05. The number of pyridine rings is 1. The molecule has 1 aromatic heterocycles. The summed E-state index contributed by atoms with van der Waals surface area (Å²) in [5.41, 5.74) is 2.64. The zero-order valence-corrected chi connectivity index (χ0v) is 15.7. The summed E-state index contributed by atoms with van der Waals surface area (Å²) in [4.78, 5) is 16.7. The Kier molecular flexibility index (Phi) is 5.59. The van der Waals surface area contributed by atoms with Crippen LogP contribution < -0.4 is 22.0 Å². The maximum atomic E-state index is 13.4. The fraction of sp³-hybridized carbons (Fsp3) is 0.0435. The molecule has 1 N–H and O–H groups in total. The molecular formula is C23H18BrNO. The molecule has 0 radical (unpaired) electrons. The van der Waals surface area contributed by atoms with Crippen LogP contribution in [0, 0.1) is 0 Å². The highest BCUT2D eigenvalue weighted by Gasteiger charge is 2.30. The van der Waals surface area contributed by atoms with E-state index in [4.69, 9.17) is 0 Å². The van der Waals surface area contributed by atoms with Gasteiger partial charge < -0.3 is 17.0 Å². The molecule has 1 heterocycles. The SMILES string of the molecule is O=C(c1ccccc1)C(c1ccccc1)c1[nH+]ccc2ccccc12.[Br-]. The van der Waals surface area contributed by atoms with E-state index in [1.165, 1.54) is 0 Å². The highest BCUT2D eigenvalue weighted by Crippen LogP contribution is 2.30. The largest absolute Gasteiger partial charge is 1.00 e. The summed E-state index contributed by atoms with van der Waals surface area (Å²) in [6.45, 7) is 0. The number of benzene rings is 3. The highest BCUT2D eigenvalue weighted by atomic mass is 79.9. The number of halogens is 1. The summed E-state index contributed by atoms with van der Waals surface area (Å²) in [5.74, 6) is -0.269. The predicted octanol–water partition coefficient (Wildman–Crippen LogP) is 1.67. The van der Waals surface area contributed by atoms with E-state index in [9.17, 15) is 4.79 Å². The molecule has 0 fully saturated rings. The first-order valence-corrected chi connectivity index (χ1v) is 8.38. The average molecular weight is 404 g/mol. The summed E-state index contributed by atoms with van der Waals surface area (Å²) >= 11 is 0. The molecule has 0 amide bonds. The minimum absolute atomic E-state index is 0. The summed E-state index contributed by atoms with van der Waals surface area (Å²) in [6.07, 6.45) is 1.91. The van der Waals surface area contributed by atoms with E-state index in [0.717, 1.165) is 27.6 Å². The zero-order chi connectivity index (χ0) is 17.1. The van der Waals surface area contributed by atoms with E-state index >= 15 is 0 Å². The van der Waals surface area contributed by atoms with Crippen molar-refractivity contribution in [2.24, 2.45) is 0 Å². The minimum atomic E-state index is -0.366. The van der Waals surface area contributed by atoms with Gasteiger partial charge in [0.25, 0.3) is 0 Å². The van der Waals surface area contributed by atoms with Gasteiger partial charge in [-0.25, -0.2) is 4.98 Å². The van der Waals surface area contributed by atoms with Gasteiger partial charge in [0, 0.05) is 11.6 Å². The summed E-state index contributed by atoms with van der Waals surface area (Å²) < 4.78 is 0. The molecule has 0 saturated carbocycles. The monoisotopic (exact) mass is 403 g/mol. The molecule has 26 heavy (non-hydrogen) atoms. The molecule has 3 heteroatoms. The molecule has 4 aromatic rings. The fourth-order valence-electron chi connectivity index (χ4n) is 3.29. The zero-order valence-electron chi connectivity index (χ0n) is 14.1. The standard InChI is InChI=1S/C23H17NO.BrH/c25-23(19-12-5-2-6-13-19)21(18-10-3-1-4-11-18)22-20-14-8-7-9-17(20)15-16-24-22;/h1-16,21H;1H. The lowest BCUT2D eigenvalue weighted by Gasteiger charge is -2.14. The summed E-state index contributed by atoms with van der Waals surface area (Å²) in [5, 5.41) is 2.20. The van der Waals surface area contributed by atoms with Crippen LogP contribution in [0.5, 0.6) is 0 Å². The number of hydrogen-bond acceptors (Lipinski definition) is 1. The normalized spacial score (nSPS) is 11.5. The lowest BCUT2D eigenvalue weighted by Crippen LogP contribution is -3.00. The van der Waals surface area contributed by atoms with Crippen molar-refractivity contribution < 1.29 is 26.8 Å². The Morgan fingerprint density at radius 2 is 1.35 bits per heavy atom. The van der Waals surface area contributed by atoms with Crippen LogP contribution in [0.2, 0.25) is 0 Å². The van der Waals surface area contributed by atoms with Crippen LogP contribution >= 0.6 is 0 Å². The third kappa shape index (κ3) is 3.44. The summed E-state index contributed by atoms with van der Waals surface area (Å²) in [6, 6.07) is 29.7. The van der Waals surface area contributed by atoms with E-state index in [1.54, 1.807) is 0 Å². The van der Waals surface area contributed by atoms with Crippen molar-refractivity contribution in [3.05, 3.63) is 114 Å². The second-order valence-electron chi connectivity index (χ2n) is 6.05. The van der Waals surface area contributed by atoms with Crippen LogP contribution in [0.3, 0.4) is 0 Å². The lowest BCUT2D eigenvalue weighted by molar-refractivity contribution is -0.388. The van der Waals surface area contributed by atoms with E-state index in [0.29, 0.717) is 0 Å². The highest BCUT2D eigenvalue weighted by molar-refractivity contribution is 6.04. The number of rotatable bonds is 4. The first kappa shape index (κ1) is 18.0. The van der Waals surface area contributed by atoms with Crippen molar-refractivity contribution in [3.63, 3.8) is 0 Å². The number of Topliss-reactive ketones (excluding diaryl/α,β-unsaturated/α-hetero) is 1. The van der Waals surface area contributed by atoms with Crippen LogP contribution in [-0.4, -0.2) is 5.78 Å². The quantitative estimate of drug-likeness (QED) is 0.477. The van der Waals surface area contributed by atoms with Gasteiger partial charge in [-0.05, 0) is 17.0 Å². The maximum absolute atomic E-state index is 13.4. The van der Waals surface area contributed by atoms with Crippen LogP contribution in [-0.2, 0) is 0 Å². The number of fused-ring (bicyclic) bond motifs is 1. The third-order valence-electron chi connectivity index (χ3n) is 4.49. The Labute approximate surface area is 163 Å². The Balaban J connectivity index is 0.00000196. The Morgan fingerprint density at radius 1 is 0.731 bits per heavy atom. The van der Waals surface area contributed by atoms with Crippen LogP contribution in [0.4, 0.5) is 0 Å². The van der Waals surface area contributed by atoms with Gasteiger partial charge in [-0.2, -0.15) is 0 Å². The molecule has 1 atom stereocenters. The van der Waals surface area contributed by atoms with Gasteiger partial charge in [0.05, 0.1) is 5.39 Å². The van der Waals surface area contributed by atoms with Crippen LogP contribution in [0.1, 0.15) is 27.5 Å². The number of H-pyrrole nitrogens is 1. The number of ketones is 1. The van der Waals surface area contributed by atoms with Crippen molar-refractivity contribution in [1.29, 1.82) is 0 Å². The number of hydrogen-bond donors (Lipinski definition) is 0. The van der Waals surface area contributed by atoms with Gasteiger partial charge in [0.1, 0.15) is 5.92 Å². The van der Waals surface area contributed by atoms with E-state index in [-0.39, 0.29) is 28.7 Å². The molecule has 0 aliphatic heterocycles. The number of carbonyl (C=O) groups excluding carboxylic acids is 1. The van der Waals surface area contributed by atoms with Crippen molar-refractivity contribution in [2.45, 2.75) is 5.92 Å². The maximum Gasteiger partial charge on any atom is 0.202 e. The number of aromatic amines is 1. The van der Waals surface area contributed by atoms with Crippen molar-refractivity contribution in [1.82, 2.24) is 0 Å². The van der Waals surface area contributed by atoms with E-state index < -0.39 is 0 Å². The Morgan fingerprint density at radius 3 is 2.08 bits per heavy atom. The number of aromatic nitrogens is 1. The van der Waals surface area contributed by atoms with Gasteiger partial charge >= 0.3 is 0 Å². The average Bonchev–Trinajstić information content (AvgIpc) is 2.70. The van der Waals surface area contributed by atoms with Crippen molar-refractivity contribution in [2.75, 3.05) is 0 Å². The number of carbonyl (C=O) groups is 1. The Hall–Kier alpha value is -2.78. The molecule has 0 bridgehead atoms. The first-order chi connectivity index (χ1) is 12.3. The fourth-order valence-corrected chi connectivity index (χ4v) is 3.29. The second kappa shape index (κ2) is 8.07. The Bertz CT molecular complexity index is 1010. The molecule has 4 rings (SSSR count). The molecule has 2 nitrogen and oxygen atoms in total. The van der Waals surface area contributed by atoms with Crippen LogP contribution in [0.15, 0.2) is 97.2 Å². The molecule has 0 aliphatic carbocycles.